The van der Waals surface area contributed by atoms with Gasteiger partial charge >= 0.3 is 0 Å². The van der Waals surface area contributed by atoms with Crippen molar-refractivity contribution in [2.45, 2.75) is 42.8 Å². The number of halogens is 3. The maximum Gasteiger partial charge on any atom is 0.0595 e. The van der Waals surface area contributed by atoms with Gasteiger partial charge in [0.2, 0.25) is 0 Å². The summed E-state index contributed by atoms with van der Waals surface area (Å²) in [6, 6.07) is 6.05. The molecule has 0 spiro atoms. The molecule has 3 heteroatoms. The van der Waals surface area contributed by atoms with Crippen LogP contribution in [0.1, 0.15) is 43.6 Å². The molecular weight excluding hydrogens is 307 g/mol. The molecule has 0 bridgehead atoms. The number of hydrogen-bond acceptors (Lipinski definition) is 0. The van der Waals surface area contributed by atoms with Gasteiger partial charge in [-0.2, -0.15) is 0 Å². The van der Waals surface area contributed by atoms with Crippen molar-refractivity contribution in [1.29, 1.82) is 0 Å². The summed E-state index contributed by atoms with van der Waals surface area (Å²) < 4.78 is 0. The lowest BCUT2D eigenvalue weighted by Gasteiger charge is -2.17. The Balaban J connectivity index is 2.18. The predicted molar refractivity (Wildman–Crippen MR) is 75.0 cm³/mol. The van der Waals surface area contributed by atoms with Crippen LogP contribution < -0.4 is 0 Å². The average molecular weight is 322 g/mol. The molecule has 1 aliphatic carbocycles. The molecule has 0 saturated heterocycles. The smallest absolute Gasteiger partial charge is 0.0595 e. The minimum atomic E-state index is 0.627. The van der Waals surface area contributed by atoms with Crippen LogP contribution >= 0.6 is 39.1 Å². The van der Waals surface area contributed by atoms with Gasteiger partial charge in [0, 0.05) is 4.83 Å². The molecule has 16 heavy (non-hydrogen) atoms. The molecule has 0 radical (unpaired) electrons. The molecule has 0 aromatic heterocycles. The fourth-order valence-corrected chi connectivity index (χ4v) is 3.45. The van der Waals surface area contributed by atoms with Gasteiger partial charge < -0.3 is 0 Å². The van der Waals surface area contributed by atoms with Gasteiger partial charge in [0.15, 0.2) is 0 Å². The van der Waals surface area contributed by atoms with Gasteiger partial charge in [-0.25, -0.2) is 0 Å². The first kappa shape index (κ1) is 12.7. The summed E-state index contributed by atoms with van der Waals surface area (Å²) in [7, 11) is 0. The van der Waals surface area contributed by atoms with Crippen LogP contribution in [0.2, 0.25) is 10.0 Å². The first-order valence-corrected chi connectivity index (χ1v) is 7.43. The van der Waals surface area contributed by atoms with Crippen LogP contribution in [0.25, 0.3) is 0 Å². The first-order valence-electron chi connectivity index (χ1n) is 5.76. The van der Waals surface area contributed by atoms with E-state index in [1.807, 2.05) is 12.1 Å². The van der Waals surface area contributed by atoms with E-state index in [1.165, 1.54) is 37.7 Å². The third kappa shape index (κ3) is 3.15. The van der Waals surface area contributed by atoms with Crippen LogP contribution in [0, 0.1) is 0 Å². The van der Waals surface area contributed by atoms with E-state index in [4.69, 9.17) is 23.2 Å². The zero-order chi connectivity index (χ0) is 11.5. The van der Waals surface area contributed by atoms with Crippen LogP contribution in [0.5, 0.6) is 0 Å². The summed E-state index contributed by atoms with van der Waals surface area (Å²) in [6.07, 6.45) is 6.40. The molecule has 0 aliphatic heterocycles. The van der Waals surface area contributed by atoms with Gasteiger partial charge in [0.1, 0.15) is 0 Å². The molecule has 0 N–H and O–H groups in total. The Morgan fingerprint density at radius 1 is 1.06 bits per heavy atom. The molecule has 2 rings (SSSR count). The molecular formula is C13H15BrCl2. The molecule has 88 valence electrons. The maximum atomic E-state index is 6.07. The Bertz CT molecular complexity index is 365. The zero-order valence-corrected chi connectivity index (χ0v) is 12.2. The Kier molecular flexibility index (Phi) is 4.57. The van der Waals surface area contributed by atoms with Crippen LogP contribution in [-0.4, -0.2) is 4.83 Å². The van der Waals surface area contributed by atoms with E-state index in [9.17, 15) is 0 Å². The number of hydrogen-bond donors (Lipinski definition) is 0. The predicted octanol–water partition coefficient (Wildman–Crippen LogP) is 5.80. The standard InChI is InChI=1S/C13H15BrCl2/c14-11-4-2-1-3-9(7-11)10-5-6-12(15)13(16)8-10/h5-6,8-9,11H,1-4,7H2. The SMILES string of the molecule is Clc1ccc(C2CCCCC(Br)C2)cc1Cl. The molecule has 0 amide bonds. The zero-order valence-electron chi connectivity index (χ0n) is 9.06. The summed E-state index contributed by atoms with van der Waals surface area (Å²) in [5.74, 6) is 0.627. The summed E-state index contributed by atoms with van der Waals surface area (Å²) in [5, 5.41) is 1.32. The minimum absolute atomic E-state index is 0.627. The summed E-state index contributed by atoms with van der Waals surface area (Å²) >= 11 is 15.8. The highest BCUT2D eigenvalue weighted by Crippen LogP contribution is 2.36. The molecule has 2 unspecified atom stereocenters. The van der Waals surface area contributed by atoms with E-state index in [1.54, 1.807) is 0 Å². The molecule has 1 aromatic rings. The van der Waals surface area contributed by atoms with E-state index < -0.39 is 0 Å². The quantitative estimate of drug-likeness (QED) is 0.452. The second-order valence-corrected chi connectivity index (χ2v) is 6.60. The van der Waals surface area contributed by atoms with Crippen molar-refractivity contribution < 1.29 is 0 Å². The largest absolute Gasteiger partial charge is 0.0890 e. The second-order valence-electron chi connectivity index (χ2n) is 4.49. The second kappa shape index (κ2) is 5.75. The van der Waals surface area contributed by atoms with Crippen molar-refractivity contribution in [1.82, 2.24) is 0 Å². The van der Waals surface area contributed by atoms with Crippen molar-refractivity contribution >= 4 is 39.1 Å². The Hall–Kier alpha value is 0.280. The van der Waals surface area contributed by atoms with Crippen molar-refractivity contribution in [2.24, 2.45) is 0 Å². The third-order valence-electron chi connectivity index (χ3n) is 3.28. The lowest BCUT2D eigenvalue weighted by molar-refractivity contribution is 0.600. The van der Waals surface area contributed by atoms with Crippen molar-refractivity contribution in [3.05, 3.63) is 33.8 Å². The normalized spacial score (nSPS) is 26.4. The van der Waals surface area contributed by atoms with Crippen molar-refractivity contribution in [3.63, 3.8) is 0 Å². The number of benzene rings is 1. The summed E-state index contributed by atoms with van der Waals surface area (Å²) in [5.41, 5.74) is 1.33. The molecule has 0 nitrogen and oxygen atoms in total. The lowest BCUT2D eigenvalue weighted by atomic mass is 9.92. The van der Waals surface area contributed by atoms with E-state index in [0.717, 1.165) is 0 Å². The van der Waals surface area contributed by atoms with Gasteiger partial charge in [0.05, 0.1) is 10.0 Å². The molecule has 1 saturated carbocycles. The molecule has 1 fully saturated rings. The molecule has 1 aromatic carbocycles. The van der Waals surface area contributed by atoms with Crippen molar-refractivity contribution in [3.8, 4) is 0 Å². The van der Waals surface area contributed by atoms with Gasteiger partial charge in [-0.05, 0) is 42.9 Å². The van der Waals surface area contributed by atoms with Gasteiger partial charge in [-0.1, -0.05) is 58.0 Å². The average Bonchev–Trinajstić information content (AvgIpc) is 2.47. The third-order valence-corrected chi connectivity index (χ3v) is 4.85. The number of rotatable bonds is 1. The Labute approximate surface area is 115 Å². The highest BCUT2D eigenvalue weighted by atomic mass is 79.9. The summed E-state index contributed by atoms with van der Waals surface area (Å²) in [6.45, 7) is 0. The van der Waals surface area contributed by atoms with Crippen LogP contribution in [0.15, 0.2) is 18.2 Å². The number of alkyl halides is 1. The van der Waals surface area contributed by atoms with E-state index in [-0.39, 0.29) is 0 Å². The highest BCUT2D eigenvalue weighted by molar-refractivity contribution is 9.09. The monoisotopic (exact) mass is 320 g/mol. The van der Waals surface area contributed by atoms with Gasteiger partial charge in [0.25, 0.3) is 0 Å². The van der Waals surface area contributed by atoms with E-state index >= 15 is 0 Å². The molecule has 2 atom stereocenters. The topological polar surface area (TPSA) is 0 Å². The summed E-state index contributed by atoms with van der Waals surface area (Å²) in [4.78, 5) is 0.648. The maximum absolute atomic E-state index is 6.07. The van der Waals surface area contributed by atoms with Crippen molar-refractivity contribution in [2.75, 3.05) is 0 Å². The van der Waals surface area contributed by atoms with Gasteiger partial charge in [-0.15, -0.1) is 0 Å². The van der Waals surface area contributed by atoms with Gasteiger partial charge in [-0.3, -0.25) is 0 Å². The fourth-order valence-electron chi connectivity index (χ4n) is 2.37. The highest BCUT2D eigenvalue weighted by Gasteiger charge is 2.20. The van der Waals surface area contributed by atoms with Crippen LogP contribution in [-0.2, 0) is 0 Å². The lowest BCUT2D eigenvalue weighted by Crippen LogP contribution is -2.03. The Morgan fingerprint density at radius 3 is 2.56 bits per heavy atom. The van der Waals surface area contributed by atoms with E-state index in [0.29, 0.717) is 20.8 Å². The fraction of sp³-hybridized carbons (Fsp3) is 0.538. The molecule has 0 heterocycles. The minimum Gasteiger partial charge on any atom is -0.0890 e. The van der Waals surface area contributed by atoms with Crippen LogP contribution in [0.4, 0.5) is 0 Å². The Morgan fingerprint density at radius 2 is 1.81 bits per heavy atom. The molecule has 1 aliphatic rings. The van der Waals surface area contributed by atoms with E-state index in [2.05, 4.69) is 22.0 Å². The van der Waals surface area contributed by atoms with Crippen LogP contribution in [0.3, 0.4) is 0 Å². The first-order chi connectivity index (χ1) is 7.66.